The van der Waals surface area contributed by atoms with E-state index in [1.807, 2.05) is 13.8 Å². The highest BCUT2D eigenvalue weighted by atomic mass is 16.3. The van der Waals surface area contributed by atoms with Crippen molar-refractivity contribution in [2.45, 2.75) is 52.7 Å². The number of nitrogens with one attached hydrogen (secondary N) is 1. The number of hydrogen-bond donors (Lipinski definition) is 2. The van der Waals surface area contributed by atoms with E-state index in [1.165, 1.54) is 12.8 Å². The summed E-state index contributed by atoms with van der Waals surface area (Å²) in [5.41, 5.74) is 0. The zero-order valence-corrected chi connectivity index (χ0v) is 8.80. The molecular weight excluding hydrogens is 150 g/mol. The molecule has 2 heteroatoms. The Morgan fingerprint density at radius 1 is 1.17 bits per heavy atom. The molecule has 2 N–H and O–H groups in total. The normalized spacial score (nSPS) is 16.5. The van der Waals surface area contributed by atoms with Gasteiger partial charge < -0.3 is 10.4 Å². The first-order valence-corrected chi connectivity index (χ1v) is 4.95. The SMILES string of the molecule is CC(C)CCCNC(C)C(C)O. The third-order valence-corrected chi connectivity index (χ3v) is 2.15. The van der Waals surface area contributed by atoms with Gasteiger partial charge in [-0.2, -0.15) is 0 Å². The zero-order chi connectivity index (χ0) is 9.56. The molecule has 0 aliphatic carbocycles. The first kappa shape index (κ1) is 11.9. The van der Waals surface area contributed by atoms with Crippen LogP contribution in [0.15, 0.2) is 0 Å². The van der Waals surface area contributed by atoms with Gasteiger partial charge in [0.25, 0.3) is 0 Å². The van der Waals surface area contributed by atoms with E-state index in [0.717, 1.165) is 12.5 Å². The second-order valence-electron chi connectivity index (χ2n) is 4.02. The average Bonchev–Trinajstić information content (AvgIpc) is 1.97. The molecular formula is C10H23NO. The Morgan fingerprint density at radius 2 is 1.75 bits per heavy atom. The first-order chi connectivity index (χ1) is 5.54. The van der Waals surface area contributed by atoms with Gasteiger partial charge in [-0.15, -0.1) is 0 Å². The summed E-state index contributed by atoms with van der Waals surface area (Å²) in [4.78, 5) is 0. The largest absolute Gasteiger partial charge is 0.392 e. The van der Waals surface area contributed by atoms with Gasteiger partial charge in [-0.3, -0.25) is 0 Å². The standard InChI is InChI=1S/C10H23NO/c1-8(2)6-5-7-11-9(3)10(4)12/h8-12H,5-7H2,1-4H3. The van der Waals surface area contributed by atoms with Crippen molar-refractivity contribution < 1.29 is 5.11 Å². The van der Waals surface area contributed by atoms with Crippen LogP contribution in [0, 0.1) is 5.92 Å². The molecule has 0 aromatic heterocycles. The lowest BCUT2D eigenvalue weighted by Crippen LogP contribution is -2.36. The maximum absolute atomic E-state index is 9.17. The lowest BCUT2D eigenvalue weighted by Gasteiger charge is -2.16. The lowest BCUT2D eigenvalue weighted by atomic mass is 10.1. The van der Waals surface area contributed by atoms with Gasteiger partial charge >= 0.3 is 0 Å². The van der Waals surface area contributed by atoms with E-state index >= 15 is 0 Å². The molecule has 0 aliphatic heterocycles. The van der Waals surface area contributed by atoms with E-state index in [0.29, 0.717) is 0 Å². The Bertz CT molecular complexity index is 102. The molecule has 0 rings (SSSR count). The number of hydrogen-bond acceptors (Lipinski definition) is 2. The van der Waals surface area contributed by atoms with Crippen molar-refractivity contribution in [3.8, 4) is 0 Å². The van der Waals surface area contributed by atoms with Crippen LogP contribution in [0.25, 0.3) is 0 Å². The fraction of sp³-hybridized carbons (Fsp3) is 1.00. The quantitative estimate of drug-likeness (QED) is 0.600. The summed E-state index contributed by atoms with van der Waals surface area (Å²) in [6, 6.07) is 0.220. The molecule has 0 heterocycles. The Balaban J connectivity index is 3.20. The number of rotatable bonds is 6. The van der Waals surface area contributed by atoms with E-state index in [2.05, 4.69) is 19.2 Å². The molecule has 0 amide bonds. The highest BCUT2D eigenvalue weighted by Crippen LogP contribution is 2.02. The molecule has 2 atom stereocenters. The van der Waals surface area contributed by atoms with Gasteiger partial charge in [0.05, 0.1) is 6.10 Å². The maximum atomic E-state index is 9.17. The van der Waals surface area contributed by atoms with Crippen molar-refractivity contribution in [2.75, 3.05) is 6.54 Å². The highest BCUT2D eigenvalue weighted by Gasteiger charge is 2.06. The van der Waals surface area contributed by atoms with Gasteiger partial charge in [0.1, 0.15) is 0 Å². The van der Waals surface area contributed by atoms with Crippen molar-refractivity contribution in [3.63, 3.8) is 0 Å². The van der Waals surface area contributed by atoms with Crippen LogP contribution in [0.5, 0.6) is 0 Å². The van der Waals surface area contributed by atoms with E-state index < -0.39 is 0 Å². The van der Waals surface area contributed by atoms with Crippen LogP contribution in [0.4, 0.5) is 0 Å². The molecule has 0 aliphatic rings. The molecule has 0 fully saturated rings. The van der Waals surface area contributed by atoms with Gasteiger partial charge in [-0.1, -0.05) is 13.8 Å². The minimum atomic E-state index is -0.246. The predicted octanol–water partition coefficient (Wildman–Crippen LogP) is 1.78. The van der Waals surface area contributed by atoms with Gasteiger partial charge in [-0.05, 0) is 39.2 Å². The first-order valence-electron chi connectivity index (χ1n) is 4.95. The van der Waals surface area contributed by atoms with Crippen LogP contribution in [0.2, 0.25) is 0 Å². The summed E-state index contributed by atoms with van der Waals surface area (Å²) in [6.07, 6.45) is 2.22. The van der Waals surface area contributed by atoms with Crippen molar-refractivity contribution >= 4 is 0 Å². The van der Waals surface area contributed by atoms with E-state index in [4.69, 9.17) is 5.11 Å². The molecule has 0 saturated carbocycles. The predicted molar refractivity (Wildman–Crippen MR) is 53.2 cm³/mol. The second kappa shape index (κ2) is 6.44. The Kier molecular flexibility index (Phi) is 6.39. The van der Waals surface area contributed by atoms with Crippen molar-refractivity contribution in [2.24, 2.45) is 5.92 Å². The van der Waals surface area contributed by atoms with Crippen LogP contribution < -0.4 is 5.32 Å². The molecule has 0 saturated heterocycles. The third kappa shape index (κ3) is 6.62. The van der Waals surface area contributed by atoms with Crippen LogP contribution in [0.1, 0.15) is 40.5 Å². The van der Waals surface area contributed by atoms with Gasteiger partial charge in [0.15, 0.2) is 0 Å². The topological polar surface area (TPSA) is 32.3 Å². The molecule has 0 spiro atoms. The fourth-order valence-electron chi connectivity index (χ4n) is 1.01. The van der Waals surface area contributed by atoms with E-state index in [-0.39, 0.29) is 12.1 Å². The molecule has 0 bridgehead atoms. The lowest BCUT2D eigenvalue weighted by molar-refractivity contribution is 0.152. The smallest absolute Gasteiger partial charge is 0.0662 e. The molecule has 12 heavy (non-hydrogen) atoms. The third-order valence-electron chi connectivity index (χ3n) is 2.15. The minimum absolute atomic E-state index is 0.220. The Labute approximate surface area is 76.4 Å². The average molecular weight is 173 g/mol. The van der Waals surface area contributed by atoms with Crippen LogP contribution in [0.3, 0.4) is 0 Å². The molecule has 0 radical (unpaired) electrons. The van der Waals surface area contributed by atoms with Gasteiger partial charge in [0.2, 0.25) is 0 Å². The van der Waals surface area contributed by atoms with Gasteiger partial charge in [-0.25, -0.2) is 0 Å². The maximum Gasteiger partial charge on any atom is 0.0662 e. The summed E-state index contributed by atoms with van der Waals surface area (Å²) in [6.45, 7) is 9.32. The molecule has 74 valence electrons. The molecule has 2 nitrogen and oxygen atoms in total. The van der Waals surface area contributed by atoms with Crippen molar-refractivity contribution in [1.29, 1.82) is 0 Å². The number of aliphatic hydroxyl groups excluding tert-OH is 1. The highest BCUT2D eigenvalue weighted by molar-refractivity contribution is 4.65. The Morgan fingerprint density at radius 3 is 2.17 bits per heavy atom. The fourth-order valence-corrected chi connectivity index (χ4v) is 1.01. The molecule has 0 aromatic carbocycles. The van der Waals surface area contributed by atoms with Crippen molar-refractivity contribution in [1.82, 2.24) is 5.32 Å². The van der Waals surface area contributed by atoms with Crippen LogP contribution in [-0.4, -0.2) is 23.8 Å². The monoisotopic (exact) mass is 173 g/mol. The van der Waals surface area contributed by atoms with Crippen LogP contribution in [-0.2, 0) is 0 Å². The minimum Gasteiger partial charge on any atom is -0.392 e. The van der Waals surface area contributed by atoms with E-state index in [9.17, 15) is 0 Å². The second-order valence-corrected chi connectivity index (χ2v) is 4.02. The van der Waals surface area contributed by atoms with Crippen molar-refractivity contribution in [3.05, 3.63) is 0 Å². The number of aliphatic hydroxyl groups is 1. The summed E-state index contributed by atoms with van der Waals surface area (Å²) < 4.78 is 0. The summed E-state index contributed by atoms with van der Waals surface area (Å²) in [7, 11) is 0. The molecule has 2 unspecified atom stereocenters. The zero-order valence-electron chi connectivity index (χ0n) is 8.80. The summed E-state index contributed by atoms with van der Waals surface area (Å²) >= 11 is 0. The van der Waals surface area contributed by atoms with E-state index in [1.54, 1.807) is 0 Å². The van der Waals surface area contributed by atoms with Gasteiger partial charge in [0, 0.05) is 6.04 Å². The Hall–Kier alpha value is -0.0800. The van der Waals surface area contributed by atoms with Crippen LogP contribution >= 0.6 is 0 Å². The molecule has 0 aromatic rings. The summed E-state index contributed by atoms with van der Waals surface area (Å²) in [5.74, 6) is 0.786. The summed E-state index contributed by atoms with van der Waals surface area (Å²) in [5, 5.41) is 12.5.